The number of rotatable bonds is 9. The van der Waals surface area contributed by atoms with Gasteiger partial charge in [0.2, 0.25) is 0 Å². The number of amides is 1. The molecule has 3 aromatic carbocycles. The molecule has 6 nitrogen and oxygen atoms in total. The Bertz CT molecular complexity index is 1280. The first-order valence-electron chi connectivity index (χ1n) is 11.7. The molecule has 0 aliphatic carbocycles. The molecule has 178 valence electrons. The topological polar surface area (TPSA) is 71.8 Å². The summed E-state index contributed by atoms with van der Waals surface area (Å²) in [5.41, 5.74) is 3.88. The maximum absolute atomic E-state index is 13.1. The van der Waals surface area contributed by atoms with Crippen LogP contribution < -0.4 is 19.1 Å². The van der Waals surface area contributed by atoms with E-state index < -0.39 is 0 Å². The molecule has 0 fully saturated rings. The summed E-state index contributed by atoms with van der Waals surface area (Å²) < 4.78 is 17.4. The van der Waals surface area contributed by atoms with Gasteiger partial charge in [0.25, 0.3) is 5.91 Å². The first-order chi connectivity index (χ1) is 17.1. The summed E-state index contributed by atoms with van der Waals surface area (Å²) in [5, 5.41) is 9.71. The Balaban J connectivity index is 1.45. The van der Waals surface area contributed by atoms with Gasteiger partial charge in [0.1, 0.15) is 30.6 Å². The molecule has 0 N–H and O–H groups in total. The lowest BCUT2D eigenvalue weighted by Gasteiger charge is -2.17. The maximum Gasteiger partial charge on any atom is 0.268 e. The van der Waals surface area contributed by atoms with Crippen LogP contribution in [0.25, 0.3) is 6.08 Å². The van der Waals surface area contributed by atoms with E-state index in [1.54, 1.807) is 23.1 Å². The Morgan fingerprint density at radius 3 is 2.63 bits per heavy atom. The van der Waals surface area contributed by atoms with Crippen molar-refractivity contribution < 1.29 is 19.0 Å². The first kappa shape index (κ1) is 23.9. The molecular weight excluding hydrogens is 440 g/mol. The zero-order chi connectivity index (χ0) is 24.6. The van der Waals surface area contributed by atoms with Crippen molar-refractivity contribution >= 4 is 17.7 Å². The van der Waals surface area contributed by atoms with Crippen molar-refractivity contribution in [1.82, 2.24) is 0 Å². The molecule has 0 saturated heterocycles. The highest BCUT2D eigenvalue weighted by Crippen LogP contribution is 2.31. The van der Waals surface area contributed by atoms with Crippen molar-refractivity contribution in [2.24, 2.45) is 0 Å². The summed E-state index contributed by atoms with van der Waals surface area (Å²) in [6, 6.07) is 23.1. The molecule has 1 heterocycles. The summed E-state index contributed by atoms with van der Waals surface area (Å²) in [5.74, 6) is 1.63. The fraction of sp³-hybridized carbons (Fsp3) is 0.241. The van der Waals surface area contributed by atoms with Crippen molar-refractivity contribution in [2.45, 2.75) is 20.3 Å². The molecule has 0 saturated carbocycles. The molecule has 0 bridgehead atoms. The van der Waals surface area contributed by atoms with E-state index >= 15 is 0 Å². The van der Waals surface area contributed by atoms with E-state index in [0.29, 0.717) is 43.4 Å². The fourth-order valence-electron chi connectivity index (χ4n) is 4.02. The van der Waals surface area contributed by atoms with Crippen LogP contribution in [0.2, 0.25) is 0 Å². The number of hydrogen-bond donors (Lipinski definition) is 0. The van der Waals surface area contributed by atoms with E-state index in [2.05, 4.69) is 6.07 Å². The van der Waals surface area contributed by atoms with Gasteiger partial charge in [0.15, 0.2) is 11.5 Å². The van der Waals surface area contributed by atoms with Gasteiger partial charge in [0, 0.05) is 12.2 Å². The Kier molecular flexibility index (Phi) is 7.69. The average Bonchev–Trinajstić information content (AvgIpc) is 3.30. The molecule has 1 aliphatic heterocycles. The number of nitrogens with zero attached hydrogens (tertiary/aromatic N) is 2. The van der Waals surface area contributed by atoms with Crippen molar-refractivity contribution in [3.63, 3.8) is 0 Å². The highest BCUT2D eigenvalue weighted by molar-refractivity contribution is 6.12. The highest BCUT2D eigenvalue weighted by atomic mass is 16.5. The van der Waals surface area contributed by atoms with Gasteiger partial charge < -0.3 is 19.1 Å². The second kappa shape index (κ2) is 11.3. The number of carbonyl (C=O) groups excluding carboxylic acids is 1. The number of anilines is 1. The minimum Gasteiger partial charge on any atom is -0.490 e. The Hall–Kier alpha value is -4.24. The van der Waals surface area contributed by atoms with E-state index in [1.807, 2.05) is 68.4 Å². The van der Waals surface area contributed by atoms with Crippen molar-refractivity contribution in [2.75, 3.05) is 31.3 Å². The zero-order valence-electron chi connectivity index (χ0n) is 20.0. The fourth-order valence-corrected chi connectivity index (χ4v) is 4.02. The number of hydrogen-bond acceptors (Lipinski definition) is 5. The van der Waals surface area contributed by atoms with Gasteiger partial charge in [-0.3, -0.25) is 4.79 Å². The predicted molar refractivity (Wildman–Crippen MR) is 136 cm³/mol. The molecule has 0 radical (unpaired) electrons. The second-order valence-electron chi connectivity index (χ2n) is 8.16. The summed E-state index contributed by atoms with van der Waals surface area (Å²) in [7, 11) is 0. The third-order valence-electron chi connectivity index (χ3n) is 5.66. The third kappa shape index (κ3) is 5.82. The number of carbonyl (C=O) groups is 1. The monoisotopic (exact) mass is 468 g/mol. The van der Waals surface area contributed by atoms with Crippen molar-refractivity contribution in [1.29, 1.82) is 5.26 Å². The number of para-hydroxylation sites is 1. The first-order valence-corrected chi connectivity index (χ1v) is 11.7. The van der Waals surface area contributed by atoms with Gasteiger partial charge in [-0.05, 0) is 73.4 Å². The summed E-state index contributed by atoms with van der Waals surface area (Å²) in [6.45, 7) is 5.67. The van der Waals surface area contributed by atoms with Crippen LogP contribution in [0.1, 0.15) is 23.6 Å². The van der Waals surface area contributed by atoms with Gasteiger partial charge in [-0.1, -0.05) is 36.4 Å². The van der Waals surface area contributed by atoms with Crippen LogP contribution in [0.4, 0.5) is 5.69 Å². The van der Waals surface area contributed by atoms with E-state index in [0.717, 1.165) is 29.0 Å². The van der Waals surface area contributed by atoms with Crippen LogP contribution in [0.15, 0.2) is 72.3 Å². The molecule has 0 spiro atoms. The number of benzene rings is 3. The zero-order valence-corrected chi connectivity index (χ0v) is 20.0. The van der Waals surface area contributed by atoms with Crippen LogP contribution in [0.3, 0.4) is 0 Å². The molecule has 3 aromatic rings. The largest absolute Gasteiger partial charge is 0.490 e. The Labute approximate surface area is 206 Å². The smallest absolute Gasteiger partial charge is 0.268 e. The number of fused-ring (bicyclic) bond motifs is 1. The van der Waals surface area contributed by atoms with Crippen LogP contribution in [-0.2, 0) is 11.2 Å². The predicted octanol–water partition coefficient (Wildman–Crippen LogP) is 5.35. The van der Waals surface area contributed by atoms with Gasteiger partial charge in [0.05, 0.1) is 6.61 Å². The SMILES string of the molecule is CCOc1cc(C=C(C#N)C(=O)N2CCc3ccccc32)ccc1OCCOc1cccc(C)c1. The van der Waals surface area contributed by atoms with Crippen LogP contribution in [0, 0.1) is 18.3 Å². The lowest BCUT2D eigenvalue weighted by molar-refractivity contribution is -0.114. The molecule has 0 unspecified atom stereocenters. The molecule has 6 heteroatoms. The number of nitriles is 1. The lowest BCUT2D eigenvalue weighted by Crippen LogP contribution is -2.29. The Morgan fingerprint density at radius 2 is 1.83 bits per heavy atom. The third-order valence-corrected chi connectivity index (χ3v) is 5.66. The normalized spacial score (nSPS) is 12.6. The van der Waals surface area contributed by atoms with Gasteiger partial charge in [-0.2, -0.15) is 5.26 Å². The van der Waals surface area contributed by atoms with Gasteiger partial charge >= 0.3 is 0 Å². The van der Waals surface area contributed by atoms with Crippen molar-refractivity contribution in [3.8, 4) is 23.3 Å². The average molecular weight is 469 g/mol. The minimum absolute atomic E-state index is 0.0735. The van der Waals surface area contributed by atoms with Crippen LogP contribution >= 0.6 is 0 Å². The standard InChI is InChI=1S/C29H28N2O4/c1-3-33-28-19-22(11-12-27(28)35-16-15-34-25-9-6-7-21(2)17-25)18-24(20-30)29(32)31-14-13-23-8-4-5-10-26(23)31/h4-12,17-19H,3,13-16H2,1-2H3. The minimum atomic E-state index is -0.302. The quantitative estimate of drug-likeness (QED) is 0.241. The molecule has 0 atom stereocenters. The highest BCUT2D eigenvalue weighted by Gasteiger charge is 2.26. The van der Waals surface area contributed by atoms with E-state index in [-0.39, 0.29) is 11.5 Å². The van der Waals surface area contributed by atoms with E-state index in [1.165, 1.54) is 0 Å². The number of aryl methyl sites for hydroxylation is 1. The summed E-state index contributed by atoms with van der Waals surface area (Å²) in [6.07, 6.45) is 2.38. The summed E-state index contributed by atoms with van der Waals surface area (Å²) in [4.78, 5) is 14.8. The van der Waals surface area contributed by atoms with Gasteiger partial charge in [-0.15, -0.1) is 0 Å². The van der Waals surface area contributed by atoms with Crippen molar-refractivity contribution in [3.05, 3.63) is 89.0 Å². The molecule has 4 rings (SSSR count). The second-order valence-corrected chi connectivity index (χ2v) is 8.16. The lowest BCUT2D eigenvalue weighted by atomic mass is 10.1. The van der Waals surface area contributed by atoms with E-state index in [4.69, 9.17) is 14.2 Å². The Morgan fingerprint density at radius 1 is 1.00 bits per heavy atom. The van der Waals surface area contributed by atoms with Crippen LogP contribution in [0.5, 0.6) is 17.2 Å². The molecule has 1 amide bonds. The van der Waals surface area contributed by atoms with Gasteiger partial charge in [-0.25, -0.2) is 0 Å². The maximum atomic E-state index is 13.1. The number of ether oxygens (including phenoxy) is 3. The molecule has 1 aliphatic rings. The summed E-state index contributed by atoms with van der Waals surface area (Å²) >= 11 is 0. The van der Waals surface area contributed by atoms with E-state index in [9.17, 15) is 10.1 Å². The molecule has 0 aromatic heterocycles. The molecular formula is C29H28N2O4. The van der Waals surface area contributed by atoms with Crippen LogP contribution in [-0.4, -0.2) is 32.3 Å². The molecule has 35 heavy (non-hydrogen) atoms.